The van der Waals surface area contributed by atoms with Gasteiger partial charge in [-0.1, -0.05) is 0 Å². The van der Waals surface area contributed by atoms with Crippen molar-refractivity contribution in [1.29, 1.82) is 0 Å². The third kappa shape index (κ3) is 5.77. The minimum atomic E-state index is 0. The molecule has 1 aromatic heterocycles. The number of nitrogens with zero attached hydrogens (tertiary/aromatic N) is 3. The van der Waals surface area contributed by atoms with Crippen LogP contribution in [-0.2, 0) is 18.2 Å². The topological polar surface area (TPSA) is 77.5 Å². The van der Waals surface area contributed by atoms with Crippen LogP contribution in [0.15, 0.2) is 17.3 Å². The fraction of sp³-hybridized carbons (Fsp3) is 0.667. The van der Waals surface area contributed by atoms with Crippen LogP contribution in [0.25, 0.3) is 0 Å². The Balaban J connectivity index is 0.00000180. The van der Waals surface area contributed by atoms with E-state index in [9.17, 15) is 0 Å². The van der Waals surface area contributed by atoms with Crippen LogP contribution in [0.3, 0.4) is 0 Å². The molecule has 0 spiro atoms. The normalized spacial score (nSPS) is 19.2. The lowest BCUT2D eigenvalue weighted by molar-refractivity contribution is 0.118. The predicted molar refractivity (Wildman–Crippen MR) is 85.8 cm³/mol. The Kier molecular flexibility index (Phi) is 7.14. The van der Waals surface area contributed by atoms with E-state index in [2.05, 4.69) is 15.4 Å². The van der Waals surface area contributed by atoms with Crippen molar-refractivity contribution in [2.75, 3.05) is 19.7 Å². The molecule has 1 saturated heterocycles. The van der Waals surface area contributed by atoms with E-state index in [-0.39, 0.29) is 30.1 Å². The second kappa shape index (κ2) is 8.36. The molecular weight excluding hydrogens is 357 g/mol. The summed E-state index contributed by atoms with van der Waals surface area (Å²) in [6.45, 7) is 2.26. The summed E-state index contributed by atoms with van der Waals surface area (Å²) in [5.41, 5.74) is 6.83. The van der Waals surface area contributed by atoms with E-state index >= 15 is 0 Å². The summed E-state index contributed by atoms with van der Waals surface area (Å²) < 4.78 is 7.27. The number of aliphatic imine (C=N–C) groups is 1. The quantitative estimate of drug-likeness (QED) is 0.448. The first kappa shape index (κ1) is 16.2. The van der Waals surface area contributed by atoms with Gasteiger partial charge in [-0.05, 0) is 18.9 Å². The first-order chi connectivity index (χ1) is 8.74. The van der Waals surface area contributed by atoms with E-state index in [0.717, 1.165) is 38.1 Å². The average Bonchev–Trinajstić information content (AvgIpc) is 2.98. The van der Waals surface area contributed by atoms with Crippen LogP contribution in [-0.4, -0.2) is 41.5 Å². The molecule has 1 atom stereocenters. The van der Waals surface area contributed by atoms with Gasteiger partial charge in [-0.2, -0.15) is 5.10 Å². The number of guanidine groups is 1. The number of hydrogen-bond acceptors (Lipinski definition) is 3. The van der Waals surface area contributed by atoms with Crippen molar-refractivity contribution >= 4 is 29.9 Å². The van der Waals surface area contributed by atoms with E-state index < -0.39 is 0 Å². The van der Waals surface area contributed by atoms with Crippen LogP contribution in [0, 0.1) is 0 Å². The molecule has 0 aromatic carbocycles. The molecule has 6 nitrogen and oxygen atoms in total. The highest BCUT2D eigenvalue weighted by molar-refractivity contribution is 14.0. The van der Waals surface area contributed by atoms with E-state index in [0.29, 0.717) is 12.5 Å². The highest BCUT2D eigenvalue weighted by Crippen LogP contribution is 2.11. The predicted octanol–water partition coefficient (Wildman–Crippen LogP) is 0.664. The Hall–Kier alpha value is -0.830. The number of halogens is 1. The first-order valence-electron chi connectivity index (χ1n) is 6.38. The Morgan fingerprint density at radius 2 is 2.53 bits per heavy atom. The molecule has 19 heavy (non-hydrogen) atoms. The molecule has 2 rings (SSSR count). The van der Waals surface area contributed by atoms with Gasteiger partial charge in [0.05, 0.1) is 18.3 Å². The smallest absolute Gasteiger partial charge is 0.188 e. The number of nitrogens with one attached hydrogen (secondary N) is 1. The van der Waals surface area contributed by atoms with Gasteiger partial charge < -0.3 is 15.8 Å². The summed E-state index contributed by atoms with van der Waals surface area (Å²) in [7, 11) is 1.91. The van der Waals surface area contributed by atoms with E-state index in [4.69, 9.17) is 10.5 Å². The monoisotopic (exact) mass is 379 g/mol. The van der Waals surface area contributed by atoms with Crippen molar-refractivity contribution in [1.82, 2.24) is 15.1 Å². The number of aryl methyl sites for hydroxylation is 1. The standard InChI is InChI=1S/C12H21N5O.HI/c1-17-7-5-10(16-17)4-6-14-12(13)15-9-11-3-2-8-18-11;/h5,7,11H,2-4,6,8-9H2,1H3,(H3,13,14,15);1H. The van der Waals surface area contributed by atoms with Gasteiger partial charge in [-0.25, -0.2) is 0 Å². The number of hydrogen-bond donors (Lipinski definition) is 2. The van der Waals surface area contributed by atoms with Crippen molar-refractivity contribution in [3.05, 3.63) is 18.0 Å². The Bertz CT molecular complexity index is 401. The Morgan fingerprint density at radius 3 is 3.16 bits per heavy atom. The molecule has 108 valence electrons. The molecule has 1 aromatic rings. The highest BCUT2D eigenvalue weighted by atomic mass is 127. The largest absolute Gasteiger partial charge is 0.376 e. The molecule has 0 aliphatic carbocycles. The number of ether oxygens (including phenoxy) is 1. The molecule has 0 radical (unpaired) electrons. The van der Waals surface area contributed by atoms with Gasteiger partial charge in [0.2, 0.25) is 0 Å². The van der Waals surface area contributed by atoms with Gasteiger partial charge in [-0.3, -0.25) is 9.67 Å². The summed E-state index contributed by atoms with van der Waals surface area (Å²) in [5.74, 6) is 0.487. The van der Waals surface area contributed by atoms with Crippen LogP contribution < -0.4 is 11.1 Å². The molecule has 3 N–H and O–H groups in total. The van der Waals surface area contributed by atoms with Crippen LogP contribution in [0.2, 0.25) is 0 Å². The summed E-state index contributed by atoms with van der Waals surface area (Å²) in [5, 5.41) is 7.38. The lowest BCUT2D eigenvalue weighted by Crippen LogP contribution is -2.34. The third-order valence-corrected chi connectivity index (χ3v) is 2.95. The fourth-order valence-electron chi connectivity index (χ4n) is 1.96. The number of nitrogens with two attached hydrogens (primary N) is 1. The van der Waals surface area contributed by atoms with E-state index in [1.165, 1.54) is 0 Å². The van der Waals surface area contributed by atoms with Gasteiger partial charge in [-0.15, -0.1) is 24.0 Å². The second-order valence-corrected chi connectivity index (χ2v) is 4.52. The molecule has 0 saturated carbocycles. The van der Waals surface area contributed by atoms with Crippen molar-refractivity contribution < 1.29 is 4.74 Å². The summed E-state index contributed by atoms with van der Waals surface area (Å²) in [6, 6.07) is 2.00. The summed E-state index contributed by atoms with van der Waals surface area (Å²) in [4.78, 5) is 4.28. The van der Waals surface area contributed by atoms with Crippen LogP contribution in [0.5, 0.6) is 0 Å². The van der Waals surface area contributed by atoms with Gasteiger partial charge in [0.15, 0.2) is 5.96 Å². The van der Waals surface area contributed by atoms with Gasteiger partial charge >= 0.3 is 0 Å². The number of rotatable bonds is 5. The maximum Gasteiger partial charge on any atom is 0.188 e. The van der Waals surface area contributed by atoms with Crippen LogP contribution >= 0.6 is 24.0 Å². The maximum atomic E-state index is 5.78. The third-order valence-electron chi connectivity index (χ3n) is 2.95. The van der Waals surface area contributed by atoms with E-state index in [1.807, 2.05) is 19.3 Å². The molecular formula is C12H22IN5O. The molecule has 1 fully saturated rings. The second-order valence-electron chi connectivity index (χ2n) is 4.52. The Labute approximate surface area is 130 Å². The lowest BCUT2D eigenvalue weighted by atomic mass is 10.2. The SMILES string of the molecule is Cn1ccc(CCNC(N)=NCC2CCCO2)n1.I. The Morgan fingerprint density at radius 1 is 1.68 bits per heavy atom. The van der Waals surface area contributed by atoms with Crippen molar-refractivity contribution in [2.24, 2.45) is 17.8 Å². The van der Waals surface area contributed by atoms with Gasteiger partial charge in [0, 0.05) is 32.8 Å². The highest BCUT2D eigenvalue weighted by Gasteiger charge is 2.14. The molecule has 1 unspecified atom stereocenters. The zero-order valence-corrected chi connectivity index (χ0v) is 13.5. The maximum absolute atomic E-state index is 5.78. The van der Waals surface area contributed by atoms with Crippen molar-refractivity contribution in [2.45, 2.75) is 25.4 Å². The van der Waals surface area contributed by atoms with Crippen molar-refractivity contribution in [3.8, 4) is 0 Å². The fourth-order valence-corrected chi connectivity index (χ4v) is 1.96. The number of aromatic nitrogens is 2. The zero-order chi connectivity index (χ0) is 12.8. The molecule has 0 amide bonds. The summed E-state index contributed by atoms with van der Waals surface area (Å²) >= 11 is 0. The molecule has 7 heteroatoms. The first-order valence-corrected chi connectivity index (χ1v) is 6.38. The van der Waals surface area contributed by atoms with Gasteiger partial charge in [0.25, 0.3) is 0 Å². The van der Waals surface area contributed by atoms with Crippen LogP contribution in [0.4, 0.5) is 0 Å². The minimum Gasteiger partial charge on any atom is -0.376 e. The molecule has 1 aliphatic rings. The van der Waals surface area contributed by atoms with E-state index in [1.54, 1.807) is 4.68 Å². The molecule has 1 aliphatic heterocycles. The summed E-state index contributed by atoms with van der Waals surface area (Å²) in [6.07, 6.45) is 5.25. The lowest BCUT2D eigenvalue weighted by Gasteiger charge is -2.07. The van der Waals surface area contributed by atoms with Gasteiger partial charge in [0.1, 0.15) is 0 Å². The molecule has 2 heterocycles. The minimum absolute atomic E-state index is 0. The van der Waals surface area contributed by atoms with Crippen molar-refractivity contribution in [3.63, 3.8) is 0 Å². The molecule has 0 bridgehead atoms. The van der Waals surface area contributed by atoms with Crippen LogP contribution in [0.1, 0.15) is 18.5 Å². The average molecular weight is 379 g/mol. The zero-order valence-electron chi connectivity index (χ0n) is 11.2.